The van der Waals surface area contributed by atoms with Crippen LogP contribution in [0.3, 0.4) is 0 Å². The lowest BCUT2D eigenvalue weighted by molar-refractivity contribution is 0.176. The van der Waals surface area contributed by atoms with E-state index in [1.807, 2.05) is 37.3 Å². The second kappa shape index (κ2) is 9.70. The van der Waals surface area contributed by atoms with Crippen LogP contribution < -0.4 is 10.6 Å². The van der Waals surface area contributed by atoms with Crippen LogP contribution in [0.2, 0.25) is 0 Å². The predicted molar refractivity (Wildman–Crippen MR) is 116 cm³/mol. The van der Waals surface area contributed by atoms with Crippen molar-refractivity contribution in [2.45, 2.75) is 19.1 Å². The number of aliphatic imine (C=N–C) groups is 1. The van der Waals surface area contributed by atoms with Gasteiger partial charge in [0.2, 0.25) is 0 Å². The lowest BCUT2D eigenvalue weighted by Crippen LogP contribution is -2.40. The van der Waals surface area contributed by atoms with Gasteiger partial charge in [-0.05, 0) is 25.1 Å². The fraction of sp³-hybridized carbons (Fsp3) is 0.250. The summed E-state index contributed by atoms with van der Waals surface area (Å²) in [7, 11) is 1.64. The number of aliphatic hydroxyl groups excluding tert-OH is 1. The second-order valence-corrected chi connectivity index (χ2v) is 6.04. The SMILES string of the molecule is CN=C(NCC(O)c1ccccc1F)NC(C)c1cc2ccccc2o1.I. The van der Waals surface area contributed by atoms with Gasteiger partial charge in [-0.2, -0.15) is 0 Å². The molecule has 0 aliphatic heterocycles. The summed E-state index contributed by atoms with van der Waals surface area (Å²) in [5, 5.41) is 17.4. The van der Waals surface area contributed by atoms with Crippen molar-refractivity contribution in [1.29, 1.82) is 0 Å². The van der Waals surface area contributed by atoms with Gasteiger partial charge in [0.25, 0.3) is 0 Å². The number of benzene rings is 2. The maximum absolute atomic E-state index is 13.7. The van der Waals surface area contributed by atoms with Crippen LogP contribution in [-0.4, -0.2) is 24.7 Å². The van der Waals surface area contributed by atoms with Crippen LogP contribution in [0.5, 0.6) is 0 Å². The Bertz CT molecular complexity index is 880. The van der Waals surface area contributed by atoms with Crippen molar-refractivity contribution < 1.29 is 13.9 Å². The van der Waals surface area contributed by atoms with Crippen molar-refractivity contribution >= 4 is 40.9 Å². The van der Waals surface area contributed by atoms with Gasteiger partial charge in [-0.25, -0.2) is 4.39 Å². The minimum atomic E-state index is -0.976. The van der Waals surface area contributed by atoms with Crippen LogP contribution >= 0.6 is 24.0 Å². The number of hydrogen-bond donors (Lipinski definition) is 3. The molecule has 144 valence electrons. The van der Waals surface area contributed by atoms with Gasteiger partial charge >= 0.3 is 0 Å². The summed E-state index contributed by atoms with van der Waals surface area (Å²) in [5.74, 6) is 0.845. The van der Waals surface area contributed by atoms with Gasteiger partial charge in [-0.3, -0.25) is 4.99 Å². The topological polar surface area (TPSA) is 69.8 Å². The van der Waals surface area contributed by atoms with Gasteiger partial charge in [-0.15, -0.1) is 24.0 Å². The molecule has 27 heavy (non-hydrogen) atoms. The van der Waals surface area contributed by atoms with Crippen LogP contribution in [-0.2, 0) is 0 Å². The molecule has 0 spiro atoms. The van der Waals surface area contributed by atoms with E-state index in [1.165, 1.54) is 6.07 Å². The van der Waals surface area contributed by atoms with Crippen molar-refractivity contribution in [1.82, 2.24) is 10.6 Å². The van der Waals surface area contributed by atoms with Crippen LogP contribution in [0, 0.1) is 5.82 Å². The monoisotopic (exact) mass is 483 g/mol. The molecule has 0 bridgehead atoms. The highest BCUT2D eigenvalue weighted by Crippen LogP contribution is 2.23. The van der Waals surface area contributed by atoms with Crippen molar-refractivity contribution in [3.8, 4) is 0 Å². The lowest BCUT2D eigenvalue weighted by Gasteiger charge is -2.18. The number of nitrogens with zero attached hydrogens (tertiary/aromatic N) is 1. The molecule has 1 heterocycles. The maximum Gasteiger partial charge on any atom is 0.191 e. The molecule has 1 aromatic heterocycles. The van der Waals surface area contributed by atoms with E-state index >= 15 is 0 Å². The number of aliphatic hydroxyl groups is 1. The third kappa shape index (κ3) is 5.20. The van der Waals surface area contributed by atoms with Gasteiger partial charge in [0.15, 0.2) is 5.96 Å². The summed E-state index contributed by atoms with van der Waals surface area (Å²) in [6, 6.07) is 15.8. The average molecular weight is 483 g/mol. The van der Waals surface area contributed by atoms with E-state index in [2.05, 4.69) is 15.6 Å². The number of fused-ring (bicyclic) bond motifs is 1. The molecule has 0 saturated heterocycles. The Morgan fingerprint density at radius 3 is 2.59 bits per heavy atom. The quantitative estimate of drug-likeness (QED) is 0.290. The molecule has 3 aromatic rings. The number of para-hydroxylation sites is 1. The Labute approximate surface area is 174 Å². The normalized spacial score (nSPS) is 13.7. The van der Waals surface area contributed by atoms with E-state index in [1.54, 1.807) is 25.2 Å². The molecular weight excluding hydrogens is 460 g/mol. The fourth-order valence-corrected chi connectivity index (χ4v) is 2.74. The first-order valence-corrected chi connectivity index (χ1v) is 8.46. The molecule has 2 unspecified atom stereocenters. The zero-order valence-corrected chi connectivity index (χ0v) is 17.5. The Morgan fingerprint density at radius 2 is 1.89 bits per heavy atom. The van der Waals surface area contributed by atoms with Crippen molar-refractivity contribution in [3.63, 3.8) is 0 Å². The van der Waals surface area contributed by atoms with Crippen LogP contribution in [0.1, 0.15) is 30.4 Å². The minimum Gasteiger partial charge on any atom is -0.459 e. The lowest BCUT2D eigenvalue weighted by atomic mass is 10.1. The van der Waals surface area contributed by atoms with E-state index in [-0.39, 0.29) is 42.1 Å². The number of rotatable bonds is 5. The highest BCUT2D eigenvalue weighted by atomic mass is 127. The maximum atomic E-state index is 13.7. The Balaban J connectivity index is 0.00000261. The largest absolute Gasteiger partial charge is 0.459 e. The summed E-state index contributed by atoms with van der Waals surface area (Å²) >= 11 is 0. The Hall–Kier alpha value is -2.13. The van der Waals surface area contributed by atoms with Gasteiger partial charge < -0.3 is 20.2 Å². The van der Waals surface area contributed by atoms with Crippen molar-refractivity contribution in [2.75, 3.05) is 13.6 Å². The molecule has 0 amide bonds. The molecule has 0 aliphatic rings. The minimum absolute atomic E-state index is 0. The molecule has 2 atom stereocenters. The number of furan rings is 1. The first-order chi connectivity index (χ1) is 12.6. The summed E-state index contributed by atoms with van der Waals surface area (Å²) < 4.78 is 19.6. The summed E-state index contributed by atoms with van der Waals surface area (Å²) in [4.78, 5) is 4.14. The standard InChI is InChI=1S/C20H22FN3O2.HI/c1-13(19-11-14-7-3-6-10-18(14)26-19)24-20(22-2)23-12-17(25)15-8-4-5-9-16(15)21;/h3-11,13,17,25H,12H2,1-2H3,(H2,22,23,24);1H. The molecule has 5 nitrogen and oxygen atoms in total. The molecule has 7 heteroatoms. The van der Waals surface area contributed by atoms with Gasteiger partial charge in [0.05, 0.1) is 12.1 Å². The Kier molecular flexibility index (Phi) is 7.61. The third-order valence-corrected chi connectivity index (χ3v) is 4.18. The number of nitrogens with one attached hydrogen (secondary N) is 2. The molecule has 0 fully saturated rings. The van der Waals surface area contributed by atoms with Gasteiger partial charge in [0.1, 0.15) is 17.2 Å². The highest BCUT2D eigenvalue weighted by molar-refractivity contribution is 14.0. The Morgan fingerprint density at radius 1 is 1.19 bits per heavy atom. The van der Waals surface area contributed by atoms with Crippen LogP contribution in [0.25, 0.3) is 11.0 Å². The summed E-state index contributed by atoms with van der Waals surface area (Å²) in [6.07, 6.45) is -0.976. The molecule has 0 radical (unpaired) electrons. The second-order valence-electron chi connectivity index (χ2n) is 6.04. The summed E-state index contributed by atoms with van der Waals surface area (Å²) in [6.45, 7) is 2.09. The van der Waals surface area contributed by atoms with Crippen molar-refractivity contribution in [2.24, 2.45) is 4.99 Å². The fourth-order valence-electron chi connectivity index (χ4n) is 2.74. The molecule has 3 N–H and O–H groups in total. The number of guanidine groups is 1. The molecule has 0 aliphatic carbocycles. The molecular formula is C20H23FIN3O2. The zero-order chi connectivity index (χ0) is 18.5. The molecule has 3 rings (SSSR count). The average Bonchev–Trinajstić information content (AvgIpc) is 3.09. The summed E-state index contributed by atoms with van der Waals surface area (Å²) in [5.41, 5.74) is 1.08. The van der Waals surface area contributed by atoms with E-state index in [0.29, 0.717) is 5.96 Å². The third-order valence-electron chi connectivity index (χ3n) is 4.18. The predicted octanol–water partition coefficient (Wildman–Crippen LogP) is 4.15. The van der Waals surface area contributed by atoms with Crippen LogP contribution in [0.4, 0.5) is 4.39 Å². The van der Waals surface area contributed by atoms with E-state index in [9.17, 15) is 9.50 Å². The first kappa shape index (κ1) is 21.2. The van der Waals surface area contributed by atoms with Gasteiger partial charge in [-0.1, -0.05) is 36.4 Å². The van der Waals surface area contributed by atoms with Crippen molar-refractivity contribution in [3.05, 3.63) is 71.7 Å². The first-order valence-electron chi connectivity index (χ1n) is 8.46. The van der Waals surface area contributed by atoms with E-state index in [4.69, 9.17) is 4.42 Å². The zero-order valence-electron chi connectivity index (χ0n) is 15.1. The molecule has 0 saturated carbocycles. The van der Waals surface area contributed by atoms with Crippen LogP contribution in [0.15, 0.2) is 64.0 Å². The number of halogens is 2. The smallest absolute Gasteiger partial charge is 0.191 e. The highest BCUT2D eigenvalue weighted by Gasteiger charge is 2.15. The van der Waals surface area contributed by atoms with E-state index in [0.717, 1.165) is 16.7 Å². The van der Waals surface area contributed by atoms with E-state index < -0.39 is 11.9 Å². The number of hydrogen-bond acceptors (Lipinski definition) is 3. The molecule has 2 aromatic carbocycles. The van der Waals surface area contributed by atoms with Gasteiger partial charge in [0, 0.05) is 24.5 Å².